The highest BCUT2D eigenvalue weighted by atomic mass is 32.1. The summed E-state index contributed by atoms with van der Waals surface area (Å²) in [6, 6.07) is 0. The molecule has 0 bridgehead atoms. The maximum atomic E-state index is 11.8. The van der Waals surface area contributed by atoms with Crippen LogP contribution in [0.25, 0.3) is 10.2 Å². The molecule has 0 amide bonds. The number of piperazine rings is 1. The first-order chi connectivity index (χ1) is 11.1. The van der Waals surface area contributed by atoms with Crippen molar-refractivity contribution in [2.24, 2.45) is 0 Å². The summed E-state index contributed by atoms with van der Waals surface area (Å²) in [4.78, 5) is 32.8. The van der Waals surface area contributed by atoms with E-state index in [9.17, 15) is 9.59 Å². The first kappa shape index (κ1) is 16.1. The zero-order valence-corrected chi connectivity index (χ0v) is 13.8. The molecule has 8 heteroatoms. The van der Waals surface area contributed by atoms with E-state index >= 15 is 0 Å². The van der Waals surface area contributed by atoms with Crippen LogP contribution in [0.2, 0.25) is 0 Å². The van der Waals surface area contributed by atoms with Gasteiger partial charge in [0.15, 0.2) is 0 Å². The maximum Gasteiger partial charge on any atom is 0.372 e. The fourth-order valence-corrected chi connectivity index (χ4v) is 4.14. The Kier molecular flexibility index (Phi) is 4.74. The third-order valence-corrected chi connectivity index (χ3v) is 5.30. The van der Waals surface area contributed by atoms with E-state index in [2.05, 4.69) is 27.2 Å². The summed E-state index contributed by atoms with van der Waals surface area (Å²) in [7, 11) is 2.15. The molecule has 0 saturated carbocycles. The largest absolute Gasteiger partial charge is 0.475 e. The number of H-pyrrole nitrogens is 1. The summed E-state index contributed by atoms with van der Waals surface area (Å²) < 4.78 is 0. The standard InChI is InChI=1S/C10H8N2O3S.C5H12N2/c13-8-6-4-2-1-3-5(4)16-9(6)12-7(11-8)10(14)15;1-7-4-2-6-3-5-7/h1-3H2,(H,14,15)(H,11,12,13);6H,2-5H2,1H3. The minimum Gasteiger partial charge on any atom is -0.475 e. The second-order valence-electron chi connectivity index (χ2n) is 5.81. The molecule has 3 heterocycles. The molecule has 0 spiro atoms. The zero-order valence-electron chi connectivity index (χ0n) is 13.0. The molecule has 7 nitrogen and oxygen atoms in total. The molecule has 3 N–H and O–H groups in total. The molecule has 2 aromatic rings. The second kappa shape index (κ2) is 6.77. The number of fused-ring (bicyclic) bond motifs is 3. The topological polar surface area (TPSA) is 98.3 Å². The number of aromatic nitrogens is 2. The number of thiophene rings is 1. The summed E-state index contributed by atoms with van der Waals surface area (Å²) >= 11 is 1.44. The number of hydrogen-bond acceptors (Lipinski definition) is 6. The van der Waals surface area contributed by atoms with Gasteiger partial charge in [0, 0.05) is 31.1 Å². The van der Waals surface area contributed by atoms with Crippen molar-refractivity contribution in [3.63, 3.8) is 0 Å². The van der Waals surface area contributed by atoms with Crippen molar-refractivity contribution in [3.05, 3.63) is 26.6 Å². The van der Waals surface area contributed by atoms with E-state index in [0.717, 1.165) is 37.9 Å². The number of carboxylic acids is 1. The van der Waals surface area contributed by atoms with Gasteiger partial charge in [-0.05, 0) is 31.9 Å². The van der Waals surface area contributed by atoms with E-state index < -0.39 is 5.97 Å². The fraction of sp³-hybridized carbons (Fsp3) is 0.533. The van der Waals surface area contributed by atoms with Gasteiger partial charge in [-0.25, -0.2) is 9.78 Å². The summed E-state index contributed by atoms with van der Waals surface area (Å²) in [5, 5.41) is 12.6. The number of aromatic carboxylic acids is 1. The van der Waals surface area contributed by atoms with Crippen molar-refractivity contribution in [1.29, 1.82) is 0 Å². The summed E-state index contributed by atoms with van der Waals surface area (Å²) in [6.45, 7) is 4.74. The van der Waals surface area contributed by atoms with Crippen molar-refractivity contribution in [2.45, 2.75) is 19.3 Å². The molecule has 23 heavy (non-hydrogen) atoms. The van der Waals surface area contributed by atoms with Gasteiger partial charge in [0.25, 0.3) is 5.56 Å². The monoisotopic (exact) mass is 336 g/mol. The van der Waals surface area contributed by atoms with Gasteiger partial charge in [-0.3, -0.25) is 4.79 Å². The summed E-state index contributed by atoms with van der Waals surface area (Å²) in [6.07, 6.45) is 2.93. The van der Waals surface area contributed by atoms with E-state index in [-0.39, 0.29) is 11.4 Å². The van der Waals surface area contributed by atoms with E-state index in [1.165, 1.54) is 29.3 Å². The number of aromatic amines is 1. The first-order valence-electron chi connectivity index (χ1n) is 7.73. The van der Waals surface area contributed by atoms with Gasteiger partial charge in [-0.15, -0.1) is 11.3 Å². The Labute approximate surface area is 137 Å². The molecule has 1 aliphatic carbocycles. The van der Waals surface area contributed by atoms with E-state index in [0.29, 0.717) is 10.2 Å². The molecular formula is C15H20N4O3S. The van der Waals surface area contributed by atoms with Crippen molar-refractivity contribution in [2.75, 3.05) is 33.2 Å². The Bertz CT molecular complexity index is 777. The van der Waals surface area contributed by atoms with Crippen LogP contribution < -0.4 is 10.9 Å². The summed E-state index contributed by atoms with van der Waals surface area (Å²) in [5.41, 5.74) is 0.729. The molecule has 0 radical (unpaired) electrons. The van der Waals surface area contributed by atoms with Gasteiger partial charge in [0.05, 0.1) is 5.39 Å². The fourth-order valence-electron chi connectivity index (χ4n) is 2.88. The molecule has 0 aromatic carbocycles. The van der Waals surface area contributed by atoms with Gasteiger partial charge in [0.2, 0.25) is 5.82 Å². The Morgan fingerprint density at radius 2 is 2.04 bits per heavy atom. The van der Waals surface area contributed by atoms with Gasteiger partial charge in [-0.2, -0.15) is 0 Å². The van der Waals surface area contributed by atoms with Gasteiger partial charge in [0.1, 0.15) is 4.83 Å². The molecule has 0 atom stereocenters. The van der Waals surface area contributed by atoms with E-state index in [1.54, 1.807) is 0 Å². The van der Waals surface area contributed by atoms with Crippen LogP contribution in [0.5, 0.6) is 0 Å². The molecule has 2 aliphatic rings. The van der Waals surface area contributed by atoms with E-state index in [1.807, 2.05) is 0 Å². The number of carbonyl (C=O) groups is 1. The number of likely N-dealkylation sites (N-methyl/N-ethyl adjacent to an activating group) is 1. The highest BCUT2D eigenvalue weighted by molar-refractivity contribution is 7.18. The zero-order chi connectivity index (χ0) is 16.4. The lowest BCUT2D eigenvalue weighted by atomic mass is 10.2. The molecule has 4 rings (SSSR count). The molecular weight excluding hydrogens is 316 g/mol. The number of rotatable bonds is 1. The second-order valence-corrected chi connectivity index (χ2v) is 6.89. The van der Waals surface area contributed by atoms with Gasteiger partial charge < -0.3 is 20.3 Å². The first-order valence-corrected chi connectivity index (χ1v) is 8.55. The number of aryl methyl sites for hydroxylation is 2. The molecule has 124 valence electrons. The number of hydrogen-bond donors (Lipinski definition) is 3. The Morgan fingerprint density at radius 1 is 1.30 bits per heavy atom. The van der Waals surface area contributed by atoms with Crippen LogP contribution in [0.4, 0.5) is 0 Å². The lowest BCUT2D eigenvalue weighted by molar-refractivity contribution is 0.0683. The lowest BCUT2D eigenvalue weighted by Gasteiger charge is -2.21. The predicted molar refractivity (Wildman–Crippen MR) is 89.6 cm³/mol. The molecule has 1 aliphatic heterocycles. The number of carboxylic acid groups (broad SMARTS) is 1. The minimum absolute atomic E-state index is 0.280. The molecule has 1 fully saturated rings. The van der Waals surface area contributed by atoms with E-state index in [4.69, 9.17) is 5.11 Å². The third-order valence-electron chi connectivity index (χ3n) is 4.12. The van der Waals surface area contributed by atoms with Gasteiger partial charge in [-0.1, -0.05) is 0 Å². The predicted octanol–water partition coefficient (Wildman–Crippen LogP) is 0.693. The van der Waals surface area contributed by atoms with Crippen molar-refractivity contribution < 1.29 is 9.90 Å². The van der Waals surface area contributed by atoms with Crippen molar-refractivity contribution >= 4 is 27.5 Å². The van der Waals surface area contributed by atoms with Gasteiger partial charge >= 0.3 is 5.97 Å². The SMILES string of the molecule is CN1CCNCC1.O=C(O)c1nc2sc3c(c2c(=O)[nH]1)CCC3. The summed E-state index contributed by atoms with van der Waals surface area (Å²) in [5.74, 6) is -1.48. The molecule has 2 aromatic heterocycles. The van der Waals surface area contributed by atoms with Crippen LogP contribution in [-0.4, -0.2) is 59.2 Å². The minimum atomic E-state index is -1.20. The Balaban J connectivity index is 0.000000188. The van der Waals surface area contributed by atoms with Crippen LogP contribution in [0, 0.1) is 0 Å². The number of nitrogens with zero attached hydrogens (tertiary/aromatic N) is 2. The Hall–Kier alpha value is -1.77. The third kappa shape index (κ3) is 3.44. The highest BCUT2D eigenvalue weighted by Crippen LogP contribution is 2.34. The van der Waals surface area contributed by atoms with Crippen LogP contribution in [-0.2, 0) is 12.8 Å². The van der Waals surface area contributed by atoms with Crippen LogP contribution in [0.15, 0.2) is 4.79 Å². The quantitative estimate of drug-likeness (QED) is 0.709. The lowest BCUT2D eigenvalue weighted by Crippen LogP contribution is -2.40. The van der Waals surface area contributed by atoms with Crippen LogP contribution >= 0.6 is 11.3 Å². The molecule has 1 saturated heterocycles. The Morgan fingerprint density at radius 3 is 2.65 bits per heavy atom. The van der Waals surface area contributed by atoms with Crippen LogP contribution in [0.1, 0.15) is 27.5 Å². The maximum absolute atomic E-state index is 11.8. The normalized spacial score (nSPS) is 17.6. The smallest absolute Gasteiger partial charge is 0.372 e. The van der Waals surface area contributed by atoms with Crippen LogP contribution in [0.3, 0.4) is 0 Å². The molecule has 0 unspecified atom stereocenters. The van der Waals surface area contributed by atoms with Crippen molar-refractivity contribution in [1.82, 2.24) is 20.2 Å². The highest BCUT2D eigenvalue weighted by Gasteiger charge is 2.22. The average molecular weight is 336 g/mol. The average Bonchev–Trinajstić information content (AvgIpc) is 3.08. The number of nitrogens with one attached hydrogen (secondary N) is 2. The van der Waals surface area contributed by atoms with Crippen molar-refractivity contribution in [3.8, 4) is 0 Å².